The van der Waals surface area contributed by atoms with Crippen LogP contribution < -0.4 is 10.1 Å². The van der Waals surface area contributed by atoms with E-state index >= 15 is 0 Å². The van der Waals surface area contributed by atoms with Crippen molar-refractivity contribution < 1.29 is 14.3 Å². The number of carbonyl (C=O) groups is 1. The molecule has 1 aromatic rings. The van der Waals surface area contributed by atoms with E-state index in [1.54, 1.807) is 12.0 Å². The Morgan fingerprint density at radius 1 is 1.24 bits per heavy atom. The van der Waals surface area contributed by atoms with Crippen LogP contribution in [0.1, 0.15) is 27.7 Å². The molecular formula is C18H27N3O3S. The molecule has 138 valence electrons. The molecule has 2 rings (SSSR count). The summed E-state index contributed by atoms with van der Waals surface area (Å²) in [6.07, 6.45) is -0.270. The van der Waals surface area contributed by atoms with E-state index in [0.717, 1.165) is 11.4 Å². The molecule has 1 amide bonds. The van der Waals surface area contributed by atoms with E-state index in [1.807, 2.05) is 45.0 Å². The van der Waals surface area contributed by atoms with Crippen LogP contribution in [0.4, 0.5) is 10.5 Å². The number of methoxy groups -OCH3 is 1. The molecule has 1 saturated heterocycles. The van der Waals surface area contributed by atoms with Gasteiger partial charge in [-0.15, -0.1) is 0 Å². The molecule has 0 radical (unpaired) electrons. The third kappa shape index (κ3) is 5.49. The molecule has 0 bridgehead atoms. The van der Waals surface area contributed by atoms with E-state index in [4.69, 9.17) is 21.7 Å². The second-order valence-corrected chi connectivity index (χ2v) is 7.51. The highest BCUT2D eigenvalue weighted by molar-refractivity contribution is 7.80. The van der Waals surface area contributed by atoms with E-state index < -0.39 is 5.60 Å². The average Bonchev–Trinajstić information content (AvgIpc) is 2.53. The fourth-order valence-electron chi connectivity index (χ4n) is 2.62. The molecule has 0 spiro atoms. The van der Waals surface area contributed by atoms with Crippen LogP contribution in [-0.2, 0) is 4.74 Å². The van der Waals surface area contributed by atoms with Crippen molar-refractivity contribution in [2.75, 3.05) is 32.1 Å². The summed E-state index contributed by atoms with van der Waals surface area (Å²) < 4.78 is 10.6. The number of rotatable bonds is 2. The topological polar surface area (TPSA) is 54.0 Å². The summed E-state index contributed by atoms with van der Waals surface area (Å²) in [5.41, 5.74) is 0.426. The minimum absolute atomic E-state index is 0.111. The van der Waals surface area contributed by atoms with Crippen LogP contribution in [0.3, 0.4) is 0 Å². The highest BCUT2D eigenvalue weighted by atomic mass is 32.1. The molecule has 1 aliphatic heterocycles. The molecule has 25 heavy (non-hydrogen) atoms. The summed E-state index contributed by atoms with van der Waals surface area (Å²) in [5, 5.41) is 3.90. The second-order valence-electron chi connectivity index (χ2n) is 7.13. The molecule has 1 atom stereocenters. The third-order valence-electron chi connectivity index (χ3n) is 3.88. The van der Waals surface area contributed by atoms with Crippen molar-refractivity contribution >= 4 is 29.1 Å². The maximum Gasteiger partial charge on any atom is 0.410 e. The van der Waals surface area contributed by atoms with Crippen molar-refractivity contribution in [3.63, 3.8) is 0 Å². The Labute approximate surface area is 155 Å². The first kappa shape index (κ1) is 19.3. The van der Waals surface area contributed by atoms with E-state index in [-0.39, 0.29) is 12.1 Å². The van der Waals surface area contributed by atoms with Crippen molar-refractivity contribution in [2.45, 2.75) is 39.3 Å². The lowest BCUT2D eigenvalue weighted by Crippen LogP contribution is -2.56. The lowest BCUT2D eigenvalue weighted by atomic mass is 10.2. The monoisotopic (exact) mass is 365 g/mol. The fourth-order valence-corrected chi connectivity index (χ4v) is 3.01. The first-order chi connectivity index (χ1) is 11.7. The molecule has 1 unspecified atom stereocenters. The van der Waals surface area contributed by atoms with Gasteiger partial charge in [-0.1, -0.05) is 0 Å². The van der Waals surface area contributed by atoms with Crippen LogP contribution in [0.15, 0.2) is 24.3 Å². The Morgan fingerprint density at radius 2 is 1.88 bits per heavy atom. The summed E-state index contributed by atoms with van der Waals surface area (Å²) in [5.74, 6) is 0.802. The number of hydrogen-bond acceptors (Lipinski definition) is 4. The van der Waals surface area contributed by atoms with Crippen molar-refractivity contribution in [1.29, 1.82) is 0 Å². The lowest BCUT2D eigenvalue weighted by Gasteiger charge is -2.41. The lowest BCUT2D eigenvalue weighted by molar-refractivity contribution is 0.0135. The van der Waals surface area contributed by atoms with E-state index in [1.165, 1.54) is 0 Å². The minimum atomic E-state index is -0.483. The van der Waals surface area contributed by atoms with Gasteiger partial charge in [0, 0.05) is 31.4 Å². The van der Waals surface area contributed by atoms with Gasteiger partial charge in [0.1, 0.15) is 11.4 Å². The first-order valence-corrected chi connectivity index (χ1v) is 8.80. The smallest absolute Gasteiger partial charge is 0.410 e. The molecular weight excluding hydrogens is 338 g/mol. The molecule has 1 heterocycles. The van der Waals surface area contributed by atoms with Gasteiger partial charge in [-0.25, -0.2) is 4.79 Å². The maximum absolute atomic E-state index is 12.2. The fraction of sp³-hybridized carbons (Fsp3) is 0.556. The van der Waals surface area contributed by atoms with Crippen molar-refractivity contribution in [1.82, 2.24) is 9.80 Å². The van der Waals surface area contributed by atoms with E-state index in [2.05, 4.69) is 17.1 Å². The van der Waals surface area contributed by atoms with Crippen LogP contribution in [0.2, 0.25) is 0 Å². The number of piperazine rings is 1. The van der Waals surface area contributed by atoms with Crippen molar-refractivity contribution in [2.24, 2.45) is 0 Å². The first-order valence-electron chi connectivity index (χ1n) is 8.39. The summed E-state index contributed by atoms with van der Waals surface area (Å²) >= 11 is 5.54. The van der Waals surface area contributed by atoms with E-state index in [9.17, 15) is 4.79 Å². The zero-order valence-electron chi connectivity index (χ0n) is 15.5. The van der Waals surface area contributed by atoms with Gasteiger partial charge < -0.3 is 24.6 Å². The van der Waals surface area contributed by atoms with Gasteiger partial charge in [0.05, 0.1) is 7.11 Å². The number of amides is 1. The van der Waals surface area contributed by atoms with Gasteiger partial charge in [0.15, 0.2) is 5.11 Å². The number of thiocarbonyl (C=S) groups is 1. The molecule has 0 aliphatic carbocycles. The Balaban J connectivity index is 1.91. The molecule has 7 heteroatoms. The summed E-state index contributed by atoms with van der Waals surface area (Å²) in [6, 6.07) is 7.72. The van der Waals surface area contributed by atoms with Gasteiger partial charge in [-0.2, -0.15) is 0 Å². The number of hydrogen-bond donors (Lipinski definition) is 1. The summed E-state index contributed by atoms with van der Waals surface area (Å²) in [6.45, 7) is 9.51. The SMILES string of the molecule is COc1ccc(NC(=S)N2CCN(C(=O)OC(C)(C)C)CC2C)cc1. The highest BCUT2D eigenvalue weighted by Crippen LogP contribution is 2.18. The summed E-state index contributed by atoms with van der Waals surface area (Å²) in [4.78, 5) is 16.0. The Bertz CT molecular complexity index is 613. The quantitative estimate of drug-likeness (QED) is 0.812. The Morgan fingerprint density at radius 3 is 2.40 bits per heavy atom. The zero-order valence-corrected chi connectivity index (χ0v) is 16.4. The minimum Gasteiger partial charge on any atom is -0.497 e. The van der Waals surface area contributed by atoms with Gasteiger partial charge in [-0.3, -0.25) is 0 Å². The third-order valence-corrected chi connectivity index (χ3v) is 4.22. The Hall–Kier alpha value is -2.02. The number of benzene rings is 1. The van der Waals surface area contributed by atoms with Crippen LogP contribution in [0.5, 0.6) is 5.75 Å². The molecule has 1 aliphatic rings. The molecule has 0 saturated carbocycles. The van der Waals surface area contributed by atoms with Gasteiger partial charge >= 0.3 is 6.09 Å². The maximum atomic E-state index is 12.2. The summed E-state index contributed by atoms with van der Waals surface area (Å²) in [7, 11) is 1.64. The predicted octanol–water partition coefficient (Wildman–Crippen LogP) is 3.33. The van der Waals surface area contributed by atoms with Crippen LogP contribution >= 0.6 is 12.2 Å². The Kier molecular flexibility index (Phi) is 6.11. The molecule has 1 fully saturated rings. The van der Waals surface area contributed by atoms with Crippen molar-refractivity contribution in [3.8, 4) is 5.75 Å². The van der Waals surface area contributed by atoms with Gasteiger partial charge in [0.25, 0.3) is 0 Å². The number of nitrogens with zero attached hydrogens (tertiary/aromatic N) is 2. The van der Waals surface area contributed by atoms with E-state index in [0.29, 0.717) is 24.7 Å². The molecule has 1 N–H and O–H groups in total. The standard InChI is InChI=1S/C18H27N3O3S/c1-13-12-20(17(22)24-18(2,3)4)10-11-21(13)16(25)19-14-6-8-15(23-5)9-7-14/h6-9,13H,10-12H2,1-5H3,(H,19,25). The van der Waals surface area contributed by atoms with Gasteiger partial charge in [-0.05, 0) is 64.2 Å². The number of carbonyl (C=O) groups excluding carboxylic acids is 1. The zero-order chi connectivity index (χ0) is 18.6. The molecule has 6 nitrogen and oxygen atoms in total. The predicted molar refractivity (Wildman–Crippen MR) is 103 cm³/mol. The molecule has 0 aromatic heterocycles. The van der Waals surface area contributed by atoms with Crippen LogP contribution in [-0.4, -0.2) is 59.4 Å². The number of nitrogens with one attached hydrogen (secondary N) is 1. The molecule has 1 aromatic carbocycles. The normalized spacial score (nSPS) is 17.9. The average molecular weight is 365 g/mol. The number of ether oxygens (including phenoxy) is 2. The second kappa shape index (κ2) is 7.91. The number of anilines is 1. The van der Waals surface area contributed by atoms with Crippen LogP contribution in [0.25, 0.3) is 0 Å². The van der Waals surface area contributed by atoms with Crippen LogP contribution in [0, 0.1) is 0 Å². The largest absolute Gasteiger partial charge is 0.497 e. The highest BCUT2D eigenvalue weighted by Gasteiger charge is 2.30. The van der Waals surface area contributed by atoms with Gasteiger partial charge in [0.2, 0.25) is 0 Å². The van der Waals surface area contributed by atoms with Crippen molar-refractivity contribution in [3.05, 3.63) is 24.3 Å².